The van der Waals surface area contributed by atoms with Gasteiger partial charge in [-0.1, -0.05) is 29.8 Å². The molecule has 0 radical (unpaired) electrons. The highest BCUT2D eigenvalue weighted by molar-refractivity contribution is 7.90. The molecule has 0 atom stereocenters. The Hall–Kier alpha value is -1.63. The molecule has 22 heavy (non-hydrogen) atoms. The molecule has 0 fully saturated rings. The predicted octanol–water partition coefficient (Wildman–Crippen LogP) is 3.60. The number of fused-ring (bicyclic) bond motifs is 1. The minimum atomic E-state index is -3.44. The van der Waals surface area contributed by atoms with E-state index >= 15 is 0 Å². The summed E-state index contributed by atoms with van der Waals surface area (Å²) in [5, 5.41) is 1.09. The number of aromatic nitrogens is 3. The predicted molar refractivity (Wildman–Crippen MR) is 87.8 cm³/mol. The van der Waals surface area contributed by atoms with Gasteiger partial charge < -0.3 is 0 Å². The van der Waals surface area contributed by atoms with Crippen molar-refractivity contribution in [2.24, 2.45) is 0 Å². The fourth-order valence-electron chi connectivity index (χ4n) is 2.24. The lowest BCUT2D eigenvalue weighted by Gasteiger charge is -2.03. The van der Waals surface area contributed by atoms with Crippen LogP contribution in [-0.4, -0.2) is 28.1 Å². The van der Waals surface area contributed by atoms with Gasteiger partial charge in [0.2, 0.25) is 15.3 Å². The fraction of sp³-hybridized carbons (Fsp3) is 0.143. The zero-order valence-electron chi connectivity index (χ0n) is 11.5. The van der Waals surface area contributed by atoms with Gasteiger partial charge in [0.15, 0.2) is 0 Å². The normalized spacial score (nSPS) is 12.0. The van der Waals surface area contributed by atoms with Gasteiger partial charge in [0.05, 0.1) is 28.2 Å². The Morgan fingerprint density at radius 2 is 1.95 bits per heavy atom. The lowest BCUT2D eigenvalue weighted by molar-refractivity contribution is 0.590. The number of rotatable bonds is 3. The molecule has 5 nitrogen and oxygen atoms in total. The van der Waals surface area contributed by atoms with Crippen molar-refractivity contribution in [1.82, 2.24) is 13.9 Å². The van der Waals surface area contributed by atoms with Crippen molar-refractivity contribution in [2.45, 2.75) is 6.92 Å². The summed E-state index contributed by atoms with van der Waals surface area (Å²) in [5.74, 6) is -0.0105. The smallest absolute Gasteiger partial charge is 0.238 e. The number of hydrogen-bond acceptors (Lipinski definition) is 4. The molecule has 0 aliphatic heterocycles. The van der Waals surface area contributed by atoms with Gasteiger partial charge in [-0.3, -0.25) is 0 Å². The van der Waals surface area contributed by atoms with Gasteiger partial charge in [0.25, 0.3) is 0 Å². The number of benzene rings is 1. The molecular weight excluding hydrogens is 345 g/mol. The molecule has 2 heterocycles. The first-order valence-corrected chi connectivity index (χ1v) is 8.82. The van der Waals surface area contributed by atoms with Crippen molar-refractivity contribution >= 4 is 44.1 Å². The Morgan fingerprint density at radius 3 is 2.68 bits per heavy atom. The fourth-order valence-corrected chi connectivity index (χ4v) is 3.57. The SMILES string of the molecule is CCS(=O)(=O)n1cc(-c2nc(Cl)ncc2Cl)c2ccccc21. The third-order valence-corrected chi connectivity index (χ3v) is 5.40. The molecule has 114 valence electrons. The average molecular weight is 356 g/mol. The quantitative estimate of drug-likeness (QED) is 0.673. The molecule has 0 aliphatic carbocycles. The monoisotopic (exact) mass is 355 g/mol. The molecule has 0 saturated heterocycles. The van der Waals surface area contributed by atoms with E-state index in [9.17, 15) is 8.42 Å². The Kier molecular flexibility index (Phi) is 3.84. The molecule has 2 aromatic heterocycles. The molecule has 0 bridgehead atoms. The first-order chi connectivity index (χ1) is 10.4. The highest BCUT2D eigenvalue weighted by Gasteiger charge is 2.20. The van der Waals surface area contributed by atoms with Gasteiger partial charge in [0, 0.05) is 17.1 Å². The number of halogens is 2. The van der Waals surface area contributed by atoms with Crippen molar-refractivity contribution in [3.05, 3.63) is 47.0 Å². The molecule has 1 aromatic carbocycles. The van der Waals surface area contributed by atoms with Crippen LogP contribution in [0.25, 0.3) is 22.2 Å². The number of hydrogen-bond donors (Lipinski definition) is 0. The molecule has 0 unspecified atom stereocenters. The Labute approximate surface area is 137 Å². The first kappa shape index (κ1) is 15.3. The van der Waals surface area contributed by atoms with Crippen LogP contribution in [0.1, 0.15) is 6.92 Å². The summed E-state index contributed by atoms with van der Waals surface area (Å²) in [6.07, 6.45) is 2.92. The minimum absolute atomic E-state index is 0.0105. The van der Waals surface area contributed by atoms with Crippen LogP contribution in [0.5, 0.6) is 0 Å². The highest BCUT2D eigenvalue weighted by atomic mass is 35.5. The van der Waals surface area contributed by atoms with Crippen LogP contribution in [0.2, 0.25) is 10.3 Å². The molecule has 0 N–H and O–H groups in total. The molecule has 0 spiro atoms. The molecule has 3 aromatic rings. The molecule has 0 saturated carbocycles. The Bertz CT molecular complexity index is 967. The molecule has 3 rings (SSSR count). The van der Waals surface area contributed by atoms with Crippen LogP contribution in [0.15, 0.2) is 36.7 Å². The van der Waals surface area contributed by atoms with Gasteiger partial charge in [-0.15, -0.1) is 0 Å². The van der Waals surface area contributed by atoms with Gasteiger partial charge in [-0.05, 0) is 24.6 Å². The van der Waals surface area contributed by atoms with Crippen LogP contribution < -0.4 is 0 Å². The van der Waals surface area contributed by atoms with E-state index in [1.165, 1.54) is 16.4 Å². The van der Waals surface area contributed by atoms with Gasteiger partial charge in [0.1, 0.15) is 0 Å². The highest BCUT2D eigenvalue weighted by Crippen LogP contribution is 2.34. The van der Waals surface area contributed by atoms with E-state index in [0.29, 0.717) is 21.8 Å². The molecule has 0 aliphatic rings. The van der Waals surface area contributed by atoms with Crippen molar-refractivity contribution < 1.29 is 8.42 Å². The molecule has 0 amide bonds. The van der Waals surface area contributed by atoms with E-state index in [-0.39, 0.29) is 11.0 Å². The van der Waals surface area contributed by atoms with E-state index < -0.39 is 10.0 Å². The van der Waals surface area contributed by atoms with E-state index in [2.05, 4.69) is 9.97 Å². The van der Waals surface area contributed by atoms with Crippen molar-refractivity contribution in [2.75, 3.05) is 5.75 Å². The summed E-state index contributed by atoms with van der Waals surface area (Å²) in [6.45, 7) is 1.60. The van der Waals surface area contributed by atoms with Crippen LogP contribution >= 0.6 is 23.2 Å². The van der Waals surface area contributed by atoms with E-state index in [4.69, 9.17) is 23.2 Å². The van der Waals surface area contributed by atoms with E-state index in [1.807, 2.05) is 12.1 Å². The maximum Gasteiger partial charge on any atom is 0.238 e. The summed E-state index contributed by atoms with van der Waals surface area (Å²) >= 11 is 12.0. The lowest BCUT2D eigenvalue weighted by atomic mass is 10.1. The van der Waals surface area contributed by atoms with Gasteiger partial charge >= 0.3 is 0 Å². The zero-order chi connectivity index (χ0) is 15.9. The molecular formula is C14H11Cl2N3O2S. The third-order valence-electron chi connectivity index (χ3n) is 3.31. The Balaban J connectivity index is 2.39. The van der Waals surface area contributed by atoms with E-state index in [1.54, 1.807) is 19.1 Å². The van der Waals surface area contributed by atoms with Crippen molar-refractivity contribution in [1.29, 1.82) is 0 Å². The maximum atomic E-state index is 12.3. The first-order valence-electron chi connectivity index (χ1n) is 6.46. The van der Waals surface area contributed by atoms with Crippen LogP contribution in [0, 0.1) is 0 Å². The average Bonchev–Trinajstić information content (AvgIpc) is 2.90. The van der Waals surface area contributed by atoms with E-state index in [0.717, 1.165) is 5.39 Å². The van der Waals surface area contributed by atoms with Gasteiger partial charge in [-0.25, -0.2) is 22.4 Å². The lowest BCUT2D eigenvalue weighted by Crippen LogP contribution is -2.13. The summed E-state index contributed by atoms with van der Waals surface area (Å²) in [6, 6.07) is 7.16. The second-order valence-electron chi connectivity index (χ2n) is 4.59. The Morgan fingerprint density at radius 1 is 1.23 bits per heavy atom. The van der Waals surface area contributed by atoms with Crippen LogP contribution in [0.4, 0.5) is 0 Å². The van der Waals surface area contributed by atoms with Crippen LogP contribution in [-0.2, 0) is 10.0 Å². The second kappa shape index (κ2) is 5.53. The standard InChI is InChI=1S/C14H11Cl2N3O2S/c1-2-22(20,21)19-8-10(9-5-3-4-6-12(9)19)13-11(15)7-17-14(16)18-13/h3-8H,2H2,1H3. The third kappa shape index (κ3) is 2.47. The second-order valence-corrected chi connectivity index (χ2v) is 7.47. The van der Waals surface area contributed by atoms with Crippen LogP contribution in [0.3, 0.4) is 0 Å². The minimum Gasteiger partial charge on any atom is -0.244 e. The molecule has 8 heteroatoms. The topological polar surface area (TPSA) is 64.8 Å². The van der Waals surface area contributed by atoms with Gasteiger partial charge in [-0.2, -0.15) is 0 Å². The number of nitrogens with zero attached hydrogens (tertiary/aromatic N) is 3. The summed E-state index contributed by atoms with van der Waals surface area (Å²) < 4.78 is 25.8. The van der Waals surface area contributed by atoms with Crippen molar-refractivity contribution in [3.63, 3.8) is 0 Å². The largest absolute Gasteiger partial charge is 0.244 e. The summed E-state index contributed by atoms with van der Waals surface area (Å²) in [5.41, 5.74) is 1.58. The van der Waals surface area contributed by atoms with Crippen molar-refractivity contribution in [3.8, 4) is 11.3 Å². The summed E-state index contributed by atoms with van der Waals surface area (Å²) in [4.78, 5) is 7.94. The number of para-hydroxylation sites is 1. The summed E-state index contributed by atoms with van der Waals surface area (Å²) in [7, 11) is -3.44. The maximum absolute atomic E-state index is 12.3. The zero-order valence-corrected chi connectivity index (χ0v) is 13.8.